The van der Waals surface area contributed by atoms with Crippen LogP contribution in [-0.4, -0.2) is 22.9 Å². The van der Waals surface area contributed by atoms with Crippen molar-refractivity contribution in [1.29, 1.82) is 0 Å². The van der Waals surface area contributed by atoms with Crippen LogP contribution in [0.4, 0.5) is 5.69 Å². The van der Waals surface area contributed by atoms with Crippen LogP contribution in [0.3, 0.4) is 0 Å². The Hall–Kier alpha value is -2.77. The lowest BCUT2D eigenvalue weighted by atomic mass is 9.91. The number of para-hydroxylation sites is 1. The van der Waals surface area contributed by atoms with Crippen LogP contribution in [-0.2, 0) is 14.3 Å². The smallest absolute Gasteiger partial charge is 0.339 e. The summed E-state index contributed by atoms with van der Waals surface area (Å²) in [7, 11) is 0. The van der Waals surface area contributed by atoms with E-state index in [1.54, 1.807) is 48.5 Å². The highest BCUT2D eigenvalue weighted by Gasteiger charge is 2.49. The molecule has 2 aliphatic heterocycles. The van der Waals surface area contributed by atoms with E-state index in [4.69, 9.17) is 28.6 Å². The number of halogens is 1. The predicted octanol–water partition coefficient (Wildman–Crippen LogP) is 2.62. The molecule has 0 spiro atoms. The highest BCUT2D eigenvalue weighted by Crippen LogP contribution is 2.39. The third kappa shape index (κ3) is 2.48. The SMILES string of the molecule is O=C1OC(C2C(=O)NC(=S)N(c3ccccc3Cl)C2=O)c2ccccc21. The van der Waals surface area contributed by atoms with Gasteiger partial charge in [0.05, 0.1) is 16.3 Å². The molecule has 2 atom stereocenters. The van der Waals surface area contributed by atoms with E-state index in [0.717, 1.165) is 0 Å². The number of carbonyl (C=O) groups excluding carboxylic acids is 3. The van der Waals surface area contributed by atoms with Crippen molar-refractivity contribution < 1.29 is 19.1 Å². The molecule has 0 saturated carbocycles. The molecule has 1 N–H and O–H groups in total. The van der Waals surface area contributed by atoms with Gasteiger partial charge >= 0.3 is 5.97 Å². The van der Waals surface area contributed by atoms with E-state index in [2.05, 4.69) is 5.32 Å². The summed E-state index contributed by atoms with van der Waals surface area (Å²) in [4.78, 5) is 38.9. The molecule has 130 valence electrons. The summed E-state index contributed by atoms with van der Waals surface area (Å²) in [6.07, 6.45) is -1.01. The number of thiocarbonyl (C=S) groups is 1. The zero-order valence-corrected chi connectivity index (χ0v) is 14.7. The van der Waals surface area contributed by atoms with E-state index in [9.17, 15) is 14.4 Å². The standard InChI is InChI=1S/C18H11ClN2O4S/c19-11-7-3-4-8-12(11)21-16(23)13(15(22)20-18(21)26)14-9-5-1-2-6-10(9)17(24)25-14/h1-8,13-14H,(H,20,22,26). The van der Waals surface area contributed by atoms with Gasteiger partial charge in [-0.2, -0.15) is 0 Å². The van der Waals surface area contributed by atoms with Crippen molar-refractivity contribution in [2.24, 2.45) is 5.92 Å². The van der Waals surface area contributed by atoms with Gasteiger partial charge in [0.1, 0.15) is 6.10 Å². The number of esters is 1. The maximum atomic E-state index is 13.1. The maximum Gasteiger partial charge on any atom is 0.339 e. The molecule has 6 nitrogen and oxygen atoms in total. The monoisotopic (exact) mass is 386 g/mol. The first-order valence-corrected chi connectivity index (χ1v) is 8.51. The van der Waals surface area contributed by atoms with Crippen molar-refractivity contribution in [3.8, 4) is 0 Å². The van der Waals surface area contributed by atoms with Crippen molar-refractivity contribution in [3.05, 3.63) is 64.7 Å². The van der Waals surface area contributed by atoms with Crippen LogP contribution >= 0.6 is 23.8 Å². The number of ether oxygens (including phenoxy) is 1. The summed E-state index contributed by atoms with van der Waals surface area (Å²) in [6, 6.07) is 13.3. The van der Waals surface area contributed by atoms with Gasteiger partial charge < -0.3 is 10.1 Å². The first-order chi connectivity index (χ1) is 12.5. The number of anilines is 1. The molecule has 0 aliphatic carbocycles. The number of amides is 2. The number of fused-ring (bicyclic) bond motifs is 1. The second kappa shape index (κ2) is 6.19. The first-order valence-electron chi connectivity index (χ1n) is 7.72. The van der Waals surface area contributed by atoms with Crippen LogP contribution in [0.5, 0.6) is 0 Å². The normalized spacial score (nSPS) is 22.1. The second-order valence-corrected chi connectivity index (χ2v) is 6.60. The molecule has 8 heteroatoms. The van der Waals surface area contributed by atoms with Crippen LogP contribution in [0.2, 0.25) is 5.02 Å². The zero-order valence-electron chi connectivity index (χ0n) is 13.1. The number of hydrogen-bond acceptors (Lipinski definition) is 5. The first kappa shape index (κ1) is 16.7. The van der Waals surface area contributed by atoms with Crippen molar-refractivity contribution in [3.63, 3.8) is 0 Å². The Morgan fingerprint density at radius 1 is 1.04 bits per heavy atom. The lowest BCUT2D eigenvalue weighted by Gasteiger charge is -2.34. The molecule has 2 heterocycles. The Labute approximate surface area is 158 Å². The summed E-state index contributed by atoms with van der Waals surface area (Å²) in [5.74, 6) is -3.03. The van der Waals surface area contributed by atoms with Gasteiger partial charge in [-0.05, 0) is 30.4 Å². The third-order valence-corrected chi connectivity index (χ3v) is 4.92. The lowest BCUT2D eigenvalue weighted by Crippen LogP contribution is -2.59. The second-order valence-electron chi connectivity index (χ2n) is 5.81. The number of carbonyl (C=O) groups is 3. The average molecular weight is 387 g/mol. The average Bonchev–Trinajstić information content (AvgIpc) is 2.93. The zero-order chi connectivity index (χ0) is 18.4. The van der Waals surface area contributed by atoms with Crippen molar-refractivity contribution in [1.82, 2.24) is 5.32 Å². The molecule has 0 bridgehead atoms. The molecule has 4 rings (SSSR count). The van der Waals surface area contributed by atoms with E-state index >= 15 is 0 Å². The molecule has 2 aromatic carbocycles. The summed E-state index contributed by atoms with van der Waals surface area (Å²) in [6.45, 7) is 0. The molecule has 1 saturated heterocycles. The van der Waals surface area contributed by atoms with Crippen LogP contribution in [0.1, 0.15) is 22.0 Å². The third-order valence-electron chi connectivity index (χ3n) is 4.32. The molecule has 1 fully saturated rings. The summed E-state index contributed by atoms with van der Waals surface area (Å²) >= 11 is 11.3. The molecule has 2 aromatic rings. The Morgan fingerprint density at radius 2 is 1.73 bits per heavy atom. The Balaban J connectivity index is 1.77. The highest BCUT2D eigenvalue weighted by atomic mass is 35.5. The minimum Gasteiger partial charge on any atom is -0.452 e. The number of cyclic esters (lactones) is 1. The van der Waals surface area contributed by atoms with Crippen LogP contribution in [0.15, 0.2) is 48.5 Å². The minimum absolute atomic E-state index is 0.0676. The van der Waals surface area contributed by atoms with Crippen molar-refractivity contribution in [2.75, 3.05) is 4.90 Å². The van der Waals surface area contributed by atoms with Gasteiger partial charge in [-0.15, -0.1) is 0 Å². The fraction of sp³-hybridized carbons (Fsp3) is 0.111. The van der Waals surface area contributed by atoms with E-state index < -0.39 is 29.8 Å². The van der Waals surface area contributed by atoms with Gasteiger partial charge in [0, 0.05) is 5.56 Å². The summed E-state index contributed by atoms with van der Waals surface area (Å²) in [5, 5.41) is 2.75. The molecule has 0 radical (unpaired) electrons. The van der Waals surface area contributed by atoms with Gasteiger partial charge in [0.25, 0.3) is 0 Å². The Kier molecular flexibility index (Phi) is 3.97. The fourth-order valence-corrected chi connectivity index (χ4v) is 3.65. The number of benzene rings is 2. The minimum atomic E-state index is -1.26. The molecular formula is C18H11ClN2O4S. The summed E-state index contributed by atoms with van der Waals surface area (Å²) < 4.78 is 5.34. The van der Waals surface area contributed by atoms with Crippen LogP contribution < -0.4 is 10.2 Å². The number of nitrogens with one attached hydrogen (secondary N) is 1. The van der Waals surface area contributed by atoms with Gasteiger partial charge in [0.2, 0.25) is 11.8 Å². The largest absolute Gasteiger partial charge is 0.452 e. The number of rotatable bonds is 2. The van der Waals surface area contributed by atoms with Crippen LogP contribution in [0, 0.1) is 5.92 Å². The molecule has 0 aromatic heterocycles. The van der Waals surface area contributed by atoms with Crippen LogP contribution in [0.25, 0.3) is 0 Å². The molecule has 26 heavy (non-hydrogen) atoms. The fourth-order valence-electron chi connectivity index (χ4n) is 3.14. The number of nitrogens with zero attached hydrogens (tertiary/aromatic N) is 1. The highest BCUT2D eigenvalue weighted by molar-refractivity contribution is 7.80. The maximum absolute atomic E-state index is 13.1. The Morgan fingerprint density at radius 3 is 2.50 bits per heavy atom. The van der Waals surface area contributed by atoms with Crippen molar-refractivity contribution in [2.45, 2.75) is 6.10 Å². The van der Waals surface area contributed by atoms with E-state index in [-0.39, 0.29) is 5.11 Å². The van der Waals surface area contributed by atoms with E-state index in [1.807, 2.05) is 0 Å². The van der Waals surface area contributed by atoms with E-state index in [0.29, 0.717) is 21.8 Å². The summed E-state index contributed by atoms with van der Waals surface area (Å²) in [5.41, 5.74) is 1.19. The topological polar surface area (TPSA) is 75.7 Å². The molecule has 2 unspecified atom stereocenters. The lowest BCUT2D eigenvalue weighted by molar-refractivity contribution is -0.138. The molecule has 2 amide bonds. The van der Waals surface area contributed by atoms with Gasteiger partial charge in [0.15, 0.2) is 11.0 Å². The van der Waals surface area contributed by atoms with E-state index in [1.165, 1.54) is 4.90 Å². The molecular weight excluding hydrogens is 376 g/mol. The van der Waals surface area contributed by atoms with Gasteiger partial charge in [-0.1, -0.05) is 41.9 Å². The van der Waals surface area contributed by atoms with Gasteiger partial charge in [-0.3, -0.25) is 14.5 Å². The predicted molar refractivity (Wildman–Crippen MR) is 97.8 cm³/mol. The Bertz CT molecular complexity index is 977. The molecule has 2 aliphatic rings. The van der Waals surface area contributed by atoms with Gasteiger partial charge in [-0.25, -0.2) is 4.79 Å². The van der Waals surface area contributed by atoms with Crippen molar-refractivity contribution >= 4 is 52.4 Å². The number of hydrogen-bond donors (Lipinski definition) is 1. The quantitative estimate of drug-likeness (QED) is 0.488.